The lowest BCUT2D eigenvalue weighted by molar-refractivity contribution is -0.296. The van der Waals surface area contributed by atoms with Gasteiger partial charge >= 0.3 is 0 Å². The van der Waals surface area contributed by atoms with E-state index in [1.807, 2.05) is 4.90 Å². The molecule has 0 saturated carbocycles. The van der Waals surface area contributed by atoms with E-state index in [-0.39, 0.29) is 20.0 Å². The maximum absolute atomic E-state index is 8.64. The summed E-state index contributed by atoms with van der Waals surface area (Å²) in [5, 5.41) is 25.3. The number of nitrogens with zero attached hydrogens (tertiary/aromatic N) is 1. The minimum atomic E-state index is -0.166. The number of hydrogen-bond acceptors (Lipinski definition) is 8. The van der Waals surface area contributed by atoms with Crippen molar-refractivity contribution in [2.75, 3.05) is 66.3 Å². The van der Waals surface area contributed by atoms with Crippen molar-refractivity contribution in [1.29, 1.82) is 0 Å². The topological polar surface area (TPSA) is 101 Å². The molecule has 0 fully saturated rings. The highest BCUT2D eigenvalue weighted by atomic mass is 17.1. The zero-order valence-electron chi connectivity index (χ0n) is 11.2. The van der Waals surface area contributed by atoms with Crippen molar-refractivity contribution in [1.82, 2.24) is 4.90 Å². The molecule has 116 valence electrons. The molecule has 0 saturated heterocycles. The van der Waals surface area contributed by atoms with E-state index in [9.17, 15) is 0 Å². The van der Waals surface area contributed by atoms with Crippen LogP contribution in [-0.2, 0) is 19.1 Å². The Bertz CT molecular complexity index is 145. The van der Waals surface area contributed by atoms with E-state index in [1.165, 1.54) is 0 Å². The van der Waals surface area contributed by atoms with Gasteiger partial charge in [-0.2, -0.15) is 0 Å². The van der Waals surface area contributed by atoms with E-state index in [4.69, 9.17) is 29.7 Å². The lowest BCUT2D eigenvalue weighted by atomic mass is 10.5. The Balaban J connectivity index is 3.66. The monoisotopic (exact) mass is 283 g/mol. The third kappa shape index (κ3) is 13.9. The Morgan fingerprint density at radius 2 is 1.53 bits per heavy atom. The Morgan fingerprint density at radius 3 is 2.16 bits per heavy atom. The van der Waals surface area contributed by atoms with E-state index in [2.05, 4.69) is 4.89 Å². The van der Waals surface area contributed by atoms with Crippen molar-refractivity contribution >= 4 is 0 Å². The first-order valence-corrected chi connectivity index (χ1v) is 6.28. The second-order valence-electron chi connectivity index (χ2n) is 3.72. The minimum absolute atomic E-state index is 0.00392. The zero-order valence-corrected chi connectivity index (χ0v) is 11.2. The fourth-order valence-electron chi connectivity index (χ4n) is 1.25. The van der Waals surface area contributed by atoms with E-state index in [0.29, 0.717) is 52.7 Å². The van der Waals surface area contributed by atoms with Gasteiger partial charge in [-0.05, 0) is 6.42 Å². The summed E-state index contributed by atoms with van der Waals surface area (Å²) in [5.41, 5.74) is 0. The summed E-state index contributed by atoms with van der Waals surface area (Å²) >= 11 is 0. The van der Waals surface area contributed by atoms with Gasteiger partial charge in [-0.1, -0.05) is 0 Å². The standard InChI is InChI=1S/C11H25NO7/c13-4-1-6-17-10-12(2-7-16-9-5-14)3-8-18-11-19-15/h13-15H,1-11H2. The van der Waals surface area contributed by atoms with E-state index >= 15 is 0 Å². The Kier molecular flexibility index (Phi) is 15.5. The summed E-state index contributed by atoms with van der Waals surface area (Å²) in [5.74, 6) is 0. The molecule has 0 heterocycles. The van der Waals surface area contributed by atoms with E-state index < -0.39 is 0 Å². The van der Waals surface area contributed by atoms with Crippen LogP contribution in [0.2, 0.25) is 0 Å². The summed E-state index contributed by atoms with van der Waals surface area (Å²) in [6.07, 6.45) is 0.601. The van der Waals surface area contributed by atoms with Gasteiger partial charge in [0.05, 0.1) is 39.8 Å². The first-order chi connectivity index (χ1) is 9.35. The van der Waals surface area contributed by atoms with Crippen LogP contribution in [0.15, 0.2) is 0 Å². The molecule has 0 aromatic rings. The maximum Gasteiger partial charge on any atom is 0.180 e. The maximum atomic E-state index is 8.64. The molecule has 0 radical (unpaired) electrons. The van der Waals surface area contributed by atoms with Crippen LogP contribution < -0.4 is 0 Å². The summed E-state index contributed by atoms with van der Waals surface area (Å²) in [4.78, 5) is 5.76. The van der Waals surface area contributed by atoms with Crippen molar-refractivity contribution in [2.24, 2.45) is 0 Å². The highest BCUT2D eigenvalue weighted by Crippen LogP contribution is 1.93. The molecule has 0 aliphatic carbocycles. The van der Waals surface area contributed by atoms with Crippen LogP contribution >= 0.6 is 0 Å². The minimum Gasteiger partial charge on any atom is -0.396 e. The lowest BCUT2D eigenvalue weighted by Gasteiger charge is -2.21. The zero-order chi connectivity index (χ0) is 14.2. The molecular formula is C11H25NO7. The van der Waals surface area contributed by atoms with Crippen LogP contribution in [-0.4, -0.2) is 86.6 Å². The number of ether oxygens (including phenoxy) is 3. The molecule has 0 rings (SSSR count). The van der Waals surface area contributed by atoms with Crippen LogP contribution in [0.3, 0.4) is 0 Å². The van der Waals surface area contributed by atoms with Crippen LogP contribution in [0.5, 0.6) is 0 Å². The summed E-state index contributed by atoms with van der Waals surface area (Å²) in [6, 6.07) is 0. The van der Waals surface area contributed by atoms with Gasteiger partial charge in [0.25, 0.3) is 0 Å². The van der Waals surface area contributed by atoms with Gasteiger partial charge in [0.2, 0.25) is 0 Å². The smallest absolute Gasteiger partial charge is 0.180 e. The van der Waals surface area contributed by atoms with Gasteiger partial charge in [-0.15, -0.1) is 0 Å². The molecule has 0 aliphatic rings. The highest BCUT2D eigenvalue weighted by Gasteiger charge is 2.05. The Morgan fingerprint density at radius 1 is 0.789 bits per heavy atom. The predicted octanol–water partition coefficient (Wildman–Crippen LogP) is -0.882. The third-order valence-electron chi connectivity index (χ3n) is 2.20. The summed E-state index contributed by atoms with van der Waals surface area (Å²) in [7, 11) is 0. The van der Waals surface area contributed by atoms with Gasteiger partial charge in [-0.25, -0.2) is 10.1 Å². The van der Waals surface area contributed by atoms with Gasteiger partial charge in [-0.3, -0.25) is 4.90 Å². The normalized spacial score (nSPS) is 11.4. The average molecular weight is 283 g/mol. The van der Waals surface area contributed by atoms with Crippen molar-refractivity contribution in [3.8, 4) is 0 Å². The molecule has 0 aliphatic heterocycles. The lowest BCUT2D eigenvalue weighted by Crippen LogP contribution is -2.33. The molecule has 8 heteroatoms. The molecule has 0 amide bonds. The van der Waals surface area contributed by atoms with Crippen molar-refractivity contribution in [2.45, 2.75) is 6.42 Å². The molecule has 19 heavy (non-hydrogen) atoms. The second kappa shape index (κ2) is 15.7. The summed E-state index contributed by atoms with van der Waals surface area (Å²) < 4.78 is 15.5. The van der Waals surface area contributed by atoms with Crippen molar-refractivity contribution in [3.63, 3.8) is 0 Å². The molecule has 0 spiro atoms. The molecule has 3 N–H and O–H groups in total. The fraction of sp³-hybridized carbons (Fsp3) is 1.00. The van der Waals surface area contributed by atoms with Crippen LogP contribution in [0, 0.1) is 0 Å². The largest absolute Gasteiger partial charge is 0.396 e. The molecule has 0 bridgehead atoms. The van der Waals surface area contributed by atoms with Gasteiger partial charge in [0, 0.05) is 19.7 Å². The number of aliphatic hydroxyl groups excluding tert-OH is 2. The quantitative estimate of drug-likeness (QED) is 0.154. The van der Waals surface area contributed by atoms with E-state index in [1.54, 1.807) is 0 Å². The molecular weight excluding hydrogens is 258 g/mol. The van der Waals surface area contributed by atoms with Crippen molar-refractivity contribution in [3.05, 3.63) is 0 Å². The molecule has 0 unspecified atom stereocenters. The number of aliphatic hydroxyl groups is 2. The fourth-order valence-corrected chi connectivity index (χ4v) is 1.25. The van der Waals surface area contributed by atoms with Gasteiger partial charge < -0.3 is 24.4 Å². The van der Waals surface area contributed by atoms with Crippen molar-refractivity contribution < 1.29 is 34.6 Å². The molecule has 0 aromatic carbocycles. The molecule has 8 nitrogen and oxygen atoms in total. The SMILES string of the molecule is OCCCOCN(CCOCCO)CCOCOO. The highest BCUT2D eigenvalue weighted by molar-refractivity contribution is 4.52. The third-order valence-corrected chi connectivity index (χ3v) is 2.20. The van der Waals surface area contributed by atoms with Crippen LogP contribution in [0.25, 0.3) is 0 Å². The Labute approximate surface area is 113 Å². The van der Waals surface area contributed by atoms with Crippen LogP contribution in [0.4, 0.5) is 0 Å². The number of hydrogen-bond donors (Lipinski definition) is 3. The van der Waals surface area contributed by atoms with E-state index in [0.717, 1.165) is 0 Å². The average Bonchev–Trinajstić information content (AvgIpc) is 2.43. The summed E-state index contributed by atoms with van der Waals surface area (Å²) in [6.45, 7) is 3.28. The molecule has 0 aromatic heterocycles. The first kappa shape index (κ1) is 18.7. The second-order valence-corrected chi connectivity index (χ2v) is 3.72. The molecule has 0 atom stereocenters. The van der Waals surface area contributed by atoms with Crippen LogP contribution in [0.1, 0.15) is 6.42 Å². The Hall–Kier alpha value is -0.320. The van der Waals surface area contributed by atoms with Gasteiger partial charge in [0.15, 0.2) is 6.79 Å². The van der Waals surface area contributed by atoms with Gasteiger partial charge in [0.1, 0.15) is 0 Å². The number of rotatable bonds is 15. The first-order valence-electron chi connectivity index (χ1n) is 6.28. The predicted molar refractivity (Wildman–Crippen MR) is 66.5 cm³/mol.